The zero-order valence-electron chi connectivity index (χ0n) is 13.9. The standard InChI is InChI=1S/C19H21BrN4O/c20-18-3-1-16(2-4-18)14-24-11-7-17(8-12-24)19(25)23-22-13-15-5-9-21-10-6-15/h1-6,9-10,13,17H,7-8,11-12,14H2,(H,23,25)/b22-13-. The van der Waals surface area contributed by atoms with E-state index >= 15 is 0 Å². The van der Waals surface area contributed by atoms with E-state index in [4.69, 9.17) is 0 Å². The van der Waals surface area contributed by atoms with E-state index in [0.717, 1.165) is 42.5 Å². The maximum atomic E-state index is 12.2. The number of benzene rings is 1. The molecule has 1 N–H and O–H groups in total. The molecular weight excluding hydrogens is 380 g/mol. The van der Waals surface area contributed by atoms with Gasteiger partial charge in [0.1, 0.15) is 0 Å². The third-order valence-corrected chi connectivity index (χ3v) is 4.90. The highest BCUT2D eigenvalue weighted by Gasteiger charge is 2.24. The van der Waals surface area contributed by atoms with Crippen molar-refractivity contribution in [3.8, 4) is 0 Å². The van der Waals surface area contributed by atoms with Crippen molar-refractivity contribution in [1.82, 2.24) is 15.3 Å². The van der Waals surface area contributed by atoms with Crippen molar-refractivity contribution in [2.75, 3.05) is 13.1 Å². The van der Waals surface area contributed by atoms with Crippen LogP contribution in [0.15, 0.2) is 58.4 Å². The molecule has 1 aromatic carbocycles. The highest BCUT2D eigenvalue weighted by molar-refractivity contribution is 9.10. The molecule has 0 unspecified atom stereocenters. The summed E-state index contributed by atoms with van der Waals surface area (Å²) in [5.74, 6) is 0.0457. The van der Waals surface area contributed by atoms with Gasteiger partial charge < -0.3 is 0 Å². The lowest BCUT2D eigenvalue weighted by atomic mass is 9.96. The number of hydrazone groups is 1. The molecule has 5 nitrogen and oxygen atoms in total. The quantitative estimate of drug-likeness (QED) is 0.619. The zero-order valence-corrected chi connectivity index (χ0v) is 15.5. The lowest BCUT2D eigenvalue weighted by molar-refractivity contribution is -0.126. The van der Waals surface area contributed by atoms with Crippen LogP contribution in [0.3, 0.4) is 0 Å². The molecule has 2 heterocycles. The minimum absolute atomic E-state index is 0.00796. The van der Waals surface area contributed by atoms with Crippen LogP contribution in [-0.2, 0) is 11.3 Å². The molecule has 1 aromatic heterocycles. The van der Waals surface area contributed by atoms with Crippen LogP contribution < -0.4 is 5.43 Å². The van der Waals surface area contributed by atoms with E-state index in [9.17, 15) is 4.79 Å². The number of carbonyl (C=O) groups excluding carboxylic acids is 1. The fraction of sp³-hybridized carbons (Fsp3) is 0.316. The number of amides is 1. The maximum absolute atomic E-state index is 12.2. The summed E-state index contributed by atoms with van der Waals surface area (Å²) in [7, 11) is 0. The Morgan fingerprint density at radius 3 is 2.56 bits per heavy atom. The third-order valence-electron chi connectivity index (χ3n) is 4.37. The van der Waals surface area contributed by atoms with E-state index < -0.39 is 0 Å². The fourth-order valence-electron chi connectivity index (χ4n) is 2.91. The number of pyridine rings is 1. The van der Waals surface area contributed by atoms with Gasteiger partial charge in [-0.15, -0.1) is 0 Å². The van der Waals surface area contributed by atoms with Crippen molar-refractivity contribution in [1.29, 1.82) is 0 Å². The van der Waals surface area contributed by atoms with Crippen LogP contribution in [0.1, 0.15) is 24.0 Å². The molecule has 6 heteroatoms. The lowest BCUT2D eigenvalue weighted by Crippen LogP contribution is -2.39. The Balaban J connectivity index is 1.43. The van der Waals surface area contributed by atoms with Crippen molar-refractivity contribution < 1.29 is 4.79 Å². The summed E-state index contributed by atoms with van der Waals surface area (Å²) in [6, 6.07) is 12.1. The van der Waals surface area contributed by atoms with E-state index in [-0.39, 0.29) is 11.8 Å². The van der Waals surface area contributed by atoms with Gasteiger partial charge in [0, 0.05) is 29.3 Å². The van der Waals surface area contributed by atoms with Gasteiger partial charge in [-0.3, -0.25) is 14.7 Å². The average Bonchev–Trinajstić information content (AvgIpc) is 2.65. The first-order valence-corrected chi connectivity index (χ1v) is 9.20. The molecular formula is C19H21BrN4O. The summed E-state index contributed by atoms with van der Waals surface area (Å²) in [4.78, 5) is 18.6. The van der Waals surface area contributed by atoms with E-state index in [1.54, 1.807) is 18.6 Å². The Hall–Kier alpha value is -2.05. The fourth-order valence-corrected chi connectivity index (χ4v) is 3.18. The second kappa shape index (κ2) is 8.87. The summed E-state index contributed by atoms with van der Waals surface area (Å²) in [5.41, 5.74) is 4.87. The molecule has 2 aromatic rings. The first-order chi connectivity index (χ1) is 12.2. The minimum atomic E-state index is 0.00796. The van der Waals surface area contributed by atoms with Gasteiger partial charge in [-0.25, -0.2) is 5.43 Å². The van der Waals surface area contributed by atoms with Gasteiger partial charge in [-0.1, -0.05) is 28.1 Å². The van der Waals surface area contributed by atoms with Crippen LogP contribution in [0.2, 0.25) is 0 Å². The highest BCUT2D eigenvalue weighted by Crippen LogP contribution is 2.20. The first-order valence-electron chi connectivity index (χ1n) is 8.40. The Morgan fingerprint density at radius 2 is 1.88 bits per heavy atom. The number of piperidine rings is 1. The molecule has 1 fully saturated rings. The number of nitrogens with one attached hydrogen (secondary N) is 1. The number of hydrogen-bond acceptors (Lipinski definition) is 4. The van der Waals surface area contributed by atoms with Gasteiger partial charge in [-0.2, -0.15) is 5.10 Å². The van der Waals surface area contributed by atoms with Crippen LogP contribution in [-0.4, -0.2) is 35.1 Å². The molecule has 0 aliphatic carbocycles. The molecule has 25 heavy (non-hydrogen) atoms. The van der Waals surface area contributed by atoms with Crippen LogP contribution >= 0.6 is 15.9 Å². The van der Waals surface area contributed by atoms with Gasteiger partial charge in [0.15, 0.2) is 0 Å². The largest absolute Gasteiger partial charge is 0.299 e. The number of aromatic nitrogens is 1. The van der Waals surface area contributed by atoms with Crippen LogP contribution in [0.4, 0.5) is 0 Å². The van der Waals surface area contributed by atoms with Gasteiger partial charge in [-0.05, 0) is 61.3 Å². The molecule has 1 saturated heterocycles. The van der Waals surface area contributed by atoms with Crippen LogP contribution in [0.25, 0.3) is 0 Å². The first kappa shape index (κ1) is 17.8. The molecule has 0 spiro atoms. The molecule has 1 aliphatic rings. The van der Waals surface area contributed by atoms with Crippen molar-refractivity contribution in [2.24, 2.45) is 11.0 Å². The Kier molecular flexibility index (Phi) is 6.30. The number of rotatable bonds is 5. The third kappa shape index (κ3) is 5.47. The average molecular weight is 401 g/mol. The summed E-state index contributed by atoms with van der Waals surface area (Å²) in [6.07, 6.45) is 6.77. The Morgan fingerprint density at radius 1 is 1.20 bits per heavy atom. The molecule has 0 atom stereocenters. The second-order valence-electron chi connectivity index (χ2n) is 6.19. The summed E-state index contributed by atoms with van der Waals surface area (Å²) < 4.78 is 1.10. The van der Waals surface area contributed by atoms with Crippen molar-refractivity contribution >= 4 is 28.1 Å². The highest BCUT2D eigenvalue weighted by atomic mass is 79.9. The topological polar surface area (TPSA) is 57.6 Å². The molecule has 1 amide bonds. The van der Waals surface area contributed by atoms with Gasteiger partial charge in [0.25, 0.3) is 0 Å². The zero-order chi connectivity index (χ0) is 17.5. The van der Waals surface area contributed by atoms with Crippen LogP contribution in [0.5, 0.6) is 0 Å². The minimum Gasteiger partial charge on any atom is -0.299 e. The number of halogens is 1. The van der Waals surface area contributed by atoms with E-state index in [2.05, 4.69) is 60.6 Å². The number of nitrogens with zero attached hydrogens (tertiary/aromatic N) is 3. The summed E-state index contributed by atoms with van der Waals surface area (Å²) >= 11 is 3.46. The Bertz CT molecular complexity index is 710. The van der Waals surface area contributed by atoms with E-state index in [1.807, 2.05) is 12.1 Å². The number of carbonyl (C=O) groups is 1. The van der Waals surface area contributed by atoms with Crippen molar-refractivity contribution in [2.45, 2.75) is 19.4 Å². The van der Waals surface area contributed by atoms with Crippen molar-refractivity contribution in [3.63, 3.8) is 0 Å². The lowest BCUT2D eigenvalue weighted by Gasteiger charge is -2.30. The normalized spacial score (nSPS) is 16.2. The van der Waals surface area contributed by atoms with Gasteiger partial charge >= 0.3 is 0 Å². The predicted molar refractivity (Wildman–Crippen MR) is 102 cm³/mol. The molecule has 1 aliphatic heterocycles. The maximum Gasteiger partial charge on any atom is 0.243 e. The molecule has 0 saturated carbocycles. The summed E-state index contributed by atoms with van der Waals surface area (Å²) in [6.45, 7) is 2.80. The molecule has 3 rings (SSSR count). The monoisotopic (exact) mass is 400 g/mol. The van der Waals surface area contributed by atoms with E-state index in [1.165, 1.54) is 5.56 Å². The SMILES string of the molecule is O=C(N/N=C\c1ccncc1)C1CCN(Cc2ccc(Br)cc2)CC1. The predicted octanol–water partition coefficient (Wildman–Crippen LogP) is 3.21. The van der Waals surface area contributed by atoms with E-state index in [0.29, 0.717) is 0 Å². The number of hydrogen-bond donors (Lipinski definition) is 1. The molecule has 0 radical (unpaired) electrons. The smallest absolute Gasteiger partial charge is 0.243 e. The molecule has 0 bridgehead atoms. The van der Waals surface area contributed by atoms with Gasteiger partial charge in [0.05, 0.1) is 6.21 Å². The van der Waals surface area contributed by atoms with Gasteiger partial charge in [0.2, 0.25) is 5.91 Å². The second-order valence-corrected chi connectivity index (χ2v) is 7.11. The molecule has 130 valence electrons. The number of likely N-dealkylation sites (tertiary alicyclic amines) is 1. The van der Waals surface area contributed by atoms with Crippen molar-refractivity contribution in [3.05, 3.63) is 64.4 Å². The van der Waals surface area contributed by atoms with Crippen LogP contribution in [0, 0.1) is 5.92 Å². The summed E-state index contributed by atoms with van der Waals surface area (Å²) in [5, 5.41) is 4.04. The Labute approximate surface area is 156 Å².